The van der Waals surface area contributed by atoms with Crippen LogP contribution in [0.2, 0.25) is 0 Å². The molecule has 1 atom stereocenters. The molecule has 0 spiro atoms. The first-order chi connectivity index (χ1) is 9.62. The Morgan fingerprint density at radius 2 is 2.15 bits per heavy atom. The summed E-state index contributed by atoms with van der Waals surface area (Å²) in [5, 5.41) is 2.99. The number of amides is 1. The zero-order valence-corrected chi connectivity index (χ0v) is 12.7. The van der Waals surface area contributed by atoms with Gasteiger partial charge >= 0.3 is 0 Å². The number of hydrogen-bond donors (Lipinski definition) is 2. The third-order valence-electron chi connectivity index (χ3n) is 3.59. The van der Waals surface area contributed by atoms with E-state index in [-0.39, 0.29) is 5.91 Å². The second-order valence-corrected chi connectivity index (χ2v) is 5.08. The molecule has 0 fully saturated rings. The van der Waals surface area contributed by atoms with Crippen molar-refractivity contribution < 1.29 is 9.53 Å². The van der Waals surface area contributed by atoms with E-state index < -0.39 is 0 Å². The molecule has 0 aliphatic rings. The van der Waals surface area contributed by atoms with Crippen LogP contribution in [0.4, 0.5) is 5.69 Å². The molecule has 0 heterocycles. The van der Waals surface area contributed by atoms with E-state index in [0.717, 1.165) is 13.0 Å². The average molecular weight is 278 g/mol. The Bertz CT molecular complexity index is 432. The lowest BCUT2D eigenvalue weighted by atomic mass is 9.99. The molecule has 1 aromatic carbocycles. The summed E-state index contributed by atoms with van der Waals surface area (Å²) in [4.78, 5) is 12.1. The highest BCUT2D eigenvalue weighted by molar-refractivity contribution is 5.95. The standard InChI is InChI=1S/C16H26N2O2/c1-4-6-7-12(5-2)11-18-16(19)13-8-9-14(17)15(10-13)20-3/h8-10,12H,4-7,11,17H2,1-3H3,(H,18,19). The molecule has 1 unspecified atom stereocenters. The van der Waals surface area contributed by atoms with Gasteiger partial charge in [-0.25, -0.2) is 0 Å². The van der Waals surface area contributed by atoms with E-state index in [1.54, 1.807) is 25.3 Å². The molecule has 1 amide bonds. The topological polar surface area (TPSA) is 64.4 Å². The molecule has 0 aliphatic heterocycles. The summed E-state index contributed by atoms with van der Waals surface area (Å²) in [6, 6.07) is 5.10. The largest absolute Gasteiger partial charge is 0.495 e. The van der Waals surface area contributed by atoms with E-state index in [1.807, 2.05) is 0 Å². The van der Waals surface area contributed by atoms with Crippen LogP contribution in [0, 0.1) is 5.92 Å². The quantitative estimate of drug-likeness (QED) is 0.718. The number of carbonyl (C=O) groups is 1. The fourth-order valence-electron chi connectivity index (χ4n) is 2.13. The number of nitrogens with two attached hydrogens (primary N) is 1. The van der Waals surface area contributed by atoms with Gasteiger partial charge in [0.25, 0.3) is 5.91 Å². The second kappa shape index (κ2) is 8.46. The van der Waals surface area contributed by atoms with Gasteiger partial charge in [-0.3, -0.25) is 4.79 Å². The Balaban J connectivity index is 2.57. The van der Waals surface area contributed by atoms with Crippen LogP contribution in [0.3, 0.4) is 0 Å². The van der Waals surface area contributed by atoms with Crippen LogP contribution in [-0.2, 0) is 0 Å². The third-order valence-corrected chi connectivity index (χ3v) is 3.59. The zero-order chi connectivity index (χ0) is 15.0. The van der Waals surface area contributed by atoms with Crippen molar-refractivity contribution in [3.05, 3.63) is 23.8 Å². The molecular formula is C16H26N2O2. The number of rotatable bonds is 8. The predicted octanol–water partition coefficient (Wildman–Crippen LogP) is 3.22. The van der Waals surface area contributed by atoms with Crippen molar-refractivity contribution >= 4 is 11.6 Å². The maximum absolute atomic E-state index is 12.1. The lowest BCUT2D eigenvalue weighted by Crippen LogP contribution is -2.29. The summed E-state index contributed by atoms with van der Waals surface area (Å²) in [6.07, 6.45) is 4.66. The Morgan fingerprint density at radius 1 is 1.40 bits per heavy atom. The van der Waals surface area contributed by atoms with E-state index in [1.165, 1.54) is 19.3 Å². The SMILES string of the molecule is CCCCC(CC)CNC(=O)c1ccc(N)c(OC)c1. The Labute approximate surface area is 121 Å². The fraction of sp³-hybridized carbons (Fsp3) is 0.562. The lowest BCUT2D eigenvalue weighted by molar-refractivity contribution is 0.0945. The van der Waals surface area contributed by atoms with Gasteiger partial charge in [-0.15, -0.1) is 0 Å². The monoisotopic (exact) mass is 278 g/mol. The van der Waals surface area contributed by atoms with Crippen molar-refractivity contribution in [2.24, 2.45) is 5.92 Å². The van der Waals surface area contributed by atoms with Crippen LogP contribution in [0.15, 0.2) is 18.2 Å². The van der Waals surface area contributed by atoms with Gasteiger partial charge in [0.15, 0.2) is 0 Å². The number of ether oxygens (including phenoxy) is 1. The molecule has 3 N–H and O–H groups in total. The highest BCUT2D eigenvalue weighted by Crippen LogP contribution is 2.22. The maximum atomic E-state index is 12.1. The minimum Gasteiger partial charge on any atom is -0.495 e. The minimum absolute atomic E-state index is 0.0711. The molecule has 0 saturated carbocycles. The summed E-state index contributed by atoms with van der Waals surface area (Å²) in [7, 11) is 1.55. The summed E-state index contributed by atoms with van der Waals surface area (Å²) in [5.41, 5.74) is 6.87. The molecule has 0 saturated heterocycles. The van der Waals surface area contributed by atoms with Gasteiger partial charge in [-0.2, -0.15) is 0 Å². The van der Waals surface area contributed by atoms with Gasteiger partial charge in [-0.05, 0) is 30.5 Å². The summed E-state index contributed by atoms with van der Waals surface area (Å²) < 4.78 is 5.13. The first kappa shape index (κ1) is 16.3. The number of hydrogen-bond acceptors (Lipinski definition) is 3. The van der Waals surface area contributed by atoms with Crippen molar-refractivity contribution in [1.29, 1.82) is 0 Å². The van der Waals surface area contributed by atoms with Gasteiger partial charge in [0, 0.05) is 12.1 Å². The van der Waals surface area contributed by atoms with Gasteiger partial charge in [0.1, 0.15) is 5.75 Å². The summed E-state index contributed by atoms with van der Waals surface area (Å²) in [5.74, 6) is 1.02. The van der Waals surface area contributed by atoms with Crippen molar-refractivity contribution in [2.45, 2.75) is 39.5 Å². The molecule has 112 valence electrons. The molecule has 0 aliphatic carbocycles. The van der Waals surface area contributed by atoms with Crippen molar-refractivity contribution in [3.8, 4) is 5.75 Å². The smallest absolute Gasteiger partial charge is 0.251 e. The molecule has 0 aromatic heterocycles. The zero-order valence-electron chi connectivity index (χ0n) is 12.7. The number of methoxy groups -OCH3 is 1. The van der Waals surface area contributed by atoms with Gasteiger partial charge in [0.2, 0.25) is 0 Å². The number of nitrogen functional groups attached to an aromatic ring is 1. The van der Waals surface area contributed by atoms with E-state index >= 15 is 0 Å². The molecule has 4 nitrogen and oxygen atoms in total. The van der Waals surface area contributed by atoms with E-state index in [9.17, 15) is 4.79 Å². The first-order valence-electron chi connectivity index (χ1n) is 7.34. The normalized spacial score (nSPS) is 11.9. The van der Waals surface area contributed by atoms with Crippen molar-refractivity contribution in [2.75, 3.05) is 19.4 Å². The van der Waals surface area contributed by atoms with Crippen LogP contribution in [0.5, 0.6) is 5.75 Å². The van der Waals surface area contributed by atoms with Gasteiger partial charge in [-0.1, -0.05) is 33.1 Å². The van der Waals surface area contributed by atoms with E-state index in [2.05, 4.69) is 19.2 Å². The molecular weight excluding hydrogens is 252 g/mol. The summed E-state index contributed by atoms with van der Waals surface area (Å²) in [6.45, 7) is 5.08. The fourth-order valence-corrected chi connectivity index (χ4v) is 2.13. The number of anilines is 1. The molecule has 4 heteroatoms. The highest BCUT2D eigenvalue weighted by Gasteiger charge is 2.11. The number of unbranched alkanes of at least 4 members (excludes halogenated alkanes) is 1. The highest BCUT2D eigenvalue weighted by atomic mass is 16.5. The predicted molar refractivity (Wildman–Crippen MR) is 83.0 cm³/mol. The van der Waals surface area contributed by atoms with Crippen LogP contribution in [0.1, 0.15) is 49.9 Å². The molecule has 1 rings (SSSR count). The first-order valence-corrected chi connectivity index (χ1v) is 7.34. The Kier molecular flexibility index (Phi) is 6.91. The van der Waals surface area contributed by atoms with Crippen molar-refractivity contribution in [3.63, 3.8) is 0 Å². The van der Waals surface area contributed by atoms with Crippen LogP contribution in [0.25, 0.3) is 0 Å². The van der Waals surface area contributed by atoms with E-state index in [0.29, 0.717) is 22.9 Å². The van der Waals surface area contributed by atoms with Crippen LogP contribution >= 0.6 is 0 Å². The lowest BCUT2D eigenvalue weighted by Gasteiger charge is -2.15. The second-order valence-electron chi connectivity index (χ2n) is 5.08. The molecule has 1 aromatic rings. The van der Waals surface area contributed by atoms with E-state index in [4.69, 9.17) is 10.5 Å². The Morgan fingerprint density at radius 3 is 2.75 bits per heavy atom. The molecule has 20 heavy (non-hydrogen) atoms. The van der Waals surface area contributed by atoms with Gasteiger partial charge in [0.05, 0.1) is 12.8 Å². The Hall–Kier alpha value is -1.71. The van der Waals surface area contributed by atoms with Crippen LogP contribution < -0.4 is 15.8 Å². The summed E-state index contributed by atoms with van der Waals surface area (Å²) >= 11 is 0. The van der Waals surface area contributed by atoms with Gasteiger partial charge < -0.3 is 15.8 Å². The third kappa shape index (κ3) is 4.76. The number of carbonyl (C=O) groups excluding carboxylic acids is 1. The molecule has 0 radical (unpaired) electrons. The average Bonchev–Trinajstić information content (AvgIpc) is 2.47. The van der Waals surface area contributed by atoms with Crippen molar-refractivity contribution in [1.82, 2.24) is 5.32 Å². The minimum atomic E-state index is -0.0711. The molecule has 0 bridgehead atoms. The number of nitrogens with one attached hydrogen (secondary N) is 1. The number of benzene rings is 1. The maximum Gasteiger partial charge on any atom is 0.251 e. The van der Waals surface area contributed by atoms with Crippen LogP contribution in [-0.4, -0.2) is 19.6 Å².